The van der Waals surface area contributed by atoms with Gasteiger partial charge in [-0.05, 0) is 18.6 Å². The Morgan fingerprint density at radius 3 is 2.63 bits per heavy atom. The lowest BCUT2D eigenvalue weighted by Gasteiger charge is -2.09. The Labute approximate surface area is 156 Å². The van der Waals surface area contributed by atoms with Crippen LogP contribution in [0.5, 0.6) is 5.88 Å². The van der Waals surface area contributed by atoms with Crippen molar-refractivity contribution in [2.75, 3.05) is 6.61 Å². The molecule has 6 heteroatoms. The molecule has 2 aromatic carbocycles. The third-order valence-corrected chi connectivity index (χ3v) is 4.24. The van der Waals surface area contributed by atoms with E-state index in [2.05, 4.69) is 10.1 Å². The molecule has 0 bridgehead atoms. The van der Waals surface area contributed by atoms with Gasteiger partial charge in [0, 0.05) is 11.6 Å². The zero-order valence-corrected chi connectivity index (χ0v) is 15.0. The van der Waals surface area contributed by atoms with Crippen LogP contribution in [-0.4, -0.2) is 27.3 Å². The fourth-order valence-corrected chi connectivity index (χ4v) is 3.01. The molecule has 0 unspecified atom stereocenters. The van der Waals surface area contributed by atoms with Crippen LogP contribution in [0, 0.1) is 0 Å². The van der Waals surface area contributed by atoms with E-state index in [1.807, 2.05) is 54.6 Å². The smallest absolute Gasteiger partial charge is 0.327 e. The number of hydrogen-bond donors (Lipinski definition) is 0. The van der Waals surface area contributed by atoms with E-state index in [1.54, 1.807) is 17.8 Å². The summed E-state index contributed by atoms with van der Waals surface area (Å²) < 4.78 is 12.7. The van der Waals surface area contributed by atoms with Crippen molar-refractivity contribution >= 4 is 27.8 Å². The number of hydrogen-bond acceptors (Lipinski definition) is 5. The first-order valence-corrected chi connectivity index (χ1v) is 8.83. The van der Waals surface area contributed by atoms with Crippen molar-refractivity contribution in [1.29, 1.82) is 0 Å². The summed E-state index contributed by atoms with van der Waals surface area (Å²) >= 11 is 0. The zero-order valence-electron chi connectivity index (χ0n) is 15.0. The van der Waals surface area contributed by atoms with Gasteiger partial charge in [0.2, 0.25) is 5.88 Å². The van der Waals surface area contributed by atoms with Gasteiger partial charge in [0.15, 0.2) is 0 Å². The molecule has 4 rings (SSSR count). The number of benzene rings is 2. The van der Waals surface area contributed by atoms with Crippen LogP contribution in [0.25, 0.3) is 21.8 Å². The van der Waals surface area contributed by atoms with Crippen LogP contribution in [0.15, 0.2) is 60.8 Å². The van der Waals surface area contributed by atoms with Crippen LogP contribution in [0.3, 0.4) is 0 Å². The molecule has 0 saturated heterocycles. The summed E-state index contributed by atoms with van der Waals surface area (Å²) in [5.74, 6) is 0.160. The second kappa shape index (κ2) is 7.45. The first-order chi connectivity index (χ1) is 13.3. The van der Waals surface area contributed by atoms with Crippen LogP contribution >= 0.6 is 0 Å². The average molecular weight is 361 g/mol. The number of ether oxygens (including phenoxy) is 2. The molecule has 0 spiro atoms. The normalized spacial score (nSPS) is 11.0. The highest BCUT2D eigenvalue weighted by molar-refractivity contribution is 6.04. The minimum atomic E-state index is -0.355. The number of aromatic nitrogens is 3. The fraction of sp³-hybridized carbons (Fsp3) is 0.190. The lowest BCUT2D eigenvalue weighted by Crippen LogP contribution is -2.15. The van der Waals surface area contributed by atoms with Crippen molar-refractivity contribution in [1.82, 2.24) is 14.8 Å². The van der Waals surface area contributed by atoms with Gasteiger partial charge in [-0.15, -0.1) is 0 Å². The van der Waals surface area contributed by atoms with E-state index in [-0.39, 0.29) is 12.5 Å². The molecule has 6 nitrogen and oxygen atoms in total. The Balaban J connectivity index is 1.77. The number of fused-ring (bicyclic) bond motifs is 3. The van der Waals surface area contributed by atoms with Gasteiger partial charge < -0.3 is 9.47 Å². The lowest BCUT2D eigenvalue weighted by atomic mass is 10.2. The van der Waals surface area contributed by atoms with Gasteiger partial charge in [0.25, 0.3) is 0 Å². The van der Waals surface area contributed by atoms with E-state index in [4.69, 9.17) is 9.47 Å². The molecule has 136 valence electrons. The van der Waals surface area contributed by atoms with Gasteiger partial charge in [-0.1, -0.05) is 48.5 Å². The number of nitrogens with zero attached hydrogens (tertiary/aromatic N) is 3. The monoisotopic (exact) mass is 361 g/mol. The van der Waals surface area contributed by atoms with Gasteiger partial charge >= 0.3 is 5.97 Å². The molecule has 0 saturated carbocycles. The minimum absolute atomic E-state index is 0.0129. The van der Waals surface area contributed by atoms with Crippen molar-refractivity contribution in [2.24, 2.45) is 0 Å². The number of esters is 1. The van der Waals surface area contributed by atoms with E-state index in [1.165, 1.54) is 0 Å². The van der Waals surface area contributed by atoms with Crippen molar-refractivity contribution in [3.8, 4) is 5.88 Å². The third-order valence-electron chi connectivity index (χ3n) is 4.24. The predicted octanol–water partition coefficient (Wildman–Crippen LogP) is 3.73. The maximum Gasteiger partial charge on any atom is 0.327 e. The van der Waals surface area contributed by atoms with E-state index >= 15 is 0 Å². The van der Waals surface area contributed by atoms with Crippen molar-refractivity contribution in [3.05, 3.63) is 66.4 Å². The molecule has 0 atom stereocenters. The number of pyridine rings is 1. The van der Waals surface area contributed by atoms with Crippen molar-refractivity contribution < 1.29 is 14.3 Å². The SMILES string of the molecule is CCOC(=O)Cn1nc2c(cnc3ccccc32)c1OCc1ccccc1. The topological polar surface area (TPSA) is 66.2 Å². The summed E-state index contributed by atoms with van der Waals surface area (Å²) in [6.45, 7) is 2.46. The molecule has 4 aromatic rings. The standard InChI is InChI=1S/C21H19N3O3/c1-2-26-19(25)13-24-21(27-14-15-8-4-3-5-9-15)17-12-22-18-11-7-6-10-16(18)20(17)23-24/h3-12H,2,13-14H2,1H3. The molecule has 0 aliphatic rings. The van der Waals surface area contributed by atoms with Crippen LogP contribution in [0.4, 0.5) is 0 Å². The van der Waals surface area contributed by atoms with E-state index in [0.29, 0.717) is 19.1 Å². The van der Waals surface area contributed by atoms with Crippen LogP contribution in [0.1, 0.15) is 12.5 Å². The zero-order chi connectivity index (χ0) is 18.6. The Kier molecular flexibility index (Phi) is 4.70. The summed E-state index contributed by atoms with van der Waals surface area (Å²) in [6.07, 6.45) is 1.74. The largest absolute Gasteiger partial charge is 0.472 e. The highest BCUT2D eigenvalue weighted by Gasteiger charge is 2.18. The number of carbonyl (C=O) groups is 1. The molecular formula is C21H19N3O3. The molecule has 0 fully saturated rings. The second-order valence-corrected chi connectivity index (χ2v) is 6.08. The quantitative estimate of drug-likeness (QED) is 0.490. The Morgan fingerprint density at radius 1 is 1.04 bits per heavy atom. The van der Waals surface area contributed by atoms with Crippen molar-refractivity contribution in [2.45, 2.75) is 20.1 Å². The fourth-order valence-electron chi connectivity index (χ4n) is 3.01. The summed E-state index contributed by atoms with van der Waals surface area (Å²) in [7, 11) is 0. The Bertz CT molecular complexity index is 1090. The van der Waals surface area contributed by atoms with Gasteiger partial charge in [-0.2, -0.15) is 5.10 Å². The molecule has 0 radical (unpaired) electrons. The summed E-state index contributed by atoms with van der Waals surface area (Å²) in [5, 5.41) is 6.32. The molecular weight excluding hydrogens is 342 g/mol. The first kappa shape index (κ1) is 17.0. The summed E-state index contributed by atoms with van der Waals surface area (Å²) in [5.41, 5.74) is 2.64. The molecule has 0 amide bonds. The predicted molar refractivity (Wildman–Crippen MR) is 102 cm³/mol. The van der Waals surface area contributed by atoms with E-state index < -0.39 is 0 Å². The lowest BCUT2D eigenvalue weighted by molar-refractivity contribution is -0.144. The van der Waals surface area contributed by atoms with Crippen LogP contribution in [-0.2, 0) is 22.7 Å². The molecule has 0 aliphatic heterocycles. The second-order valence-electron chi connectivity index (χ2n) is 6.08. The summed E-state index contributed by atoms with van der Waals surface area (Å²) in [6, 6.07) is 17.6. The third kappa shape index (κ3) is 3.46. The average Bonchev–Trinajstić information content (AvgIpc) is 3.04. The maximum absolute atomic E-state index is 12.0. The first-order valence-electron chi connectivity index (χ1n) is 8.83. The maximum atomic E-state index is 12.0. The molecule has 0 aliphatic carbocycles. The molecule has 27 heavy (non-hydrogen) atoms. The number of para-hydroxylation sites is 1. The van der Waals surface area contributed by atoms with E-state index in [9.17, 15) is 4.79 Å². The Morgan fingerprint density at radius 2 is 1.81 bits per heavy atom. The van der Waals surface area contributed by atoms with Gasteiger partial charge in [0.1, 0.15) is 18.7 Å². The minimum Gasteiger partial charge on any atom is -0.472 e. The van der Waals surface area contributed by atoms with E-state index in [0.717, 1.165) is 27.4 Å². The molecule has 2 heterocycles. The summed E-state index contributed by atoms with van der Waals surface area (Å²) in [4.78, 5) is 16.5. The number of carbonyl (C=O) groups excluding carboxylic acids is 1. The molecule has 2 aromatic heterocycles. The Hall–Kier alpha value is -3.41. The van der Waals surface area contributed by atoms with Gasteiger partial charge in [-0.3, -0.25) is 9.78 Å². The molecule has 0 N–H and O–H groups in total. The van der Waals surface area contributed by atoms with Crippen LogP contribution < -0.4 is 4.74 Å². The van der Waals surface area contributed by atoms with Gasteiger partial charge in [-0.25, -0.2) is 4.68 Å². The van der Waals surface area contributed by atoms with Crippen LogP contribution in [0.2, 0.25) is 0 Å². The highest BCUT2D eigenvalue weighted by Crippen LogP contribution is 2.30. The highest BCUT2D eigenvalue weighted by atomic mass is 16.5. The van der Waals surface area contributed by atoms with Crippen molar-refractivity contribution in [3.63, 3.8) is 0 Å². The van der Waals surface area contributed by atoms with Gasteiger partial charge in [0.05, 0.1) is 17.5 Å². The number of rotatable bonds is 6.